The van der Waals surface area contributed by atoms with Crippen molar-refractivity contribution in [3.05, 3.63) is 23.8 Å². The van der Waals surface area contributed by atoms with Crippen molar-refractivity contribution >= 4 is 0 Å². The van der Waals surface area contributed by atoms with E-state index in [1.54, 1.807) is 7.11 Å². The Morgan fingerprint density at radius 1 is 1.12 bits per heavy atom. The molecule has 16 heavy (non-hydrogen) atoms. The summed E-state index contributed by atoms with van der Waals surface area (Å²) in [5.74, 6) is 1.82. The summed E-state index contributed by atoms with van der Waals surface area (Å²) in [5, 5.41) is 0. The fourth-order valence-electron chi connectivity index (χ4n) is 1.58. The van der Waals surface area contributed by atoms with Gasteiger partial charge in [0.2, 0.25) is 0 Å². The van der Waals surface area contributed by atoms with E-state index in [-0.39, 0.29) is 11.5 Å². The van der Waals surface area contributed by atoms with Crippen LogP contribution in [0, 0.1) is 0 Å². The number of benzene rings is 1. The first-order valence-electron chi connectivity index (χ1n) is 5.69. The predicted octanol–water partition coefficient (Wildman–Crippen LogP) is 3.78. The molecule has 2 nitrogen and oxygen atoms in total. The highest BCUT2D eigenvalue weighted by Crippen LogP contribution is 2.34. The fourth-order valence-corrected chi connectivity index (χ4v) is 1.58. The zero-order chi connectivity index (χ0) is 12.3. The first kappa shape index (κ1) is 12.9. The van der Waals surface area contributed by atoms with Crippen LogP contribution in [-0.2, 0) is 5.41 Å². The van der Waals surface area contributed by atoms with Crippen LogP contribution in [0.2, 0.25) is 0 Å². The van der Waals surface area contributed by atoms with E-state index in [9.17, 15) is 0 Å². The van der Waals surface area contributed by atoms with Crippen LogP contribution in [-0.4, -0.2) is 13.2 Å². The molecule has 0 amide bonds. The molecule has 0 bridgehead atoms. The average Bonchev–Trinajstić information content (AvgIpc) is 2.15. The minimum absolute atomic E-state index is 0.0543. The molecule has 0 aromatic heterocycles. The van der Waals surface area contributed by atoms with Crippen molar-refractivity contribution in [1.82, 2.24) is 0 Å². The molecule has 0 fully saturated rings. The molecule has 1 aromatic carbocycles. The molecule has 1 aromatic rings. The average molecular weight is 222 g/mol. The number of hydrogen-bond acceptors (Lipinski definition) is 2. The summed E-state index contributed by atoms with van der Waals surface area (Å²) in [6, 6.07) is 5.98. The van der Waals surface area contributed by atoms with Gasteiger partial charge in [-0.05, 0) is 37.5 Å². The van der Waals surface area contributed by atoms with E-state index in [1.807, 2.05) is 26.0 Å². The van der Waals surface area contributed by atoms with Gasteiger partial charge in [0.05, 0.1) is 13.2 Å². The molecule has 0 heterocycles. The van der Waals surface area contributed by atoms with E-state index in [0.717, 1.165) is 11.5 Å². The van der Waals surface area contributed by atoms with Crippen molar-refractivity contribution in [3.63, 3.8) is 0 Å². The molecule has 0 atom stereocenters. The normalized spacial score (nSPS) is 11.7. The molecule has 0 aliphatic heterocycles. The Hall–Kier alpha value is -1.18. The van der Waals surface area contributed by atoms with Crippen LogP contribution in [0.4, 0.5) is 0 Å². The summed E-state index contributed by atoms with van der Waals surface area (Å²) in [4.78, 5) is 0. The standard InChI is InChI=1S/C14H22O2/c1-10(2)16-13-8-7-11(15-6)9-12(13)14(3,4)5/h7-10H,1-6H3. The fraction of sp³-hybridized carbons (Fsp3) is 0.571. The molecule has 0 aliphatic carbocycles. The highest BCUT2D eigenvalue weighted by Gasteiger charge is 2.20. The smallest absolute Gasteiger partial charge is 0.123 e. The molecule has 0 aliphatic rings. The van der Waals surface area contributed by atoms with Crippen LogP contribution >= 0.6 is 0 Å². The van der Waals surface area contributed by atoms with Gasteiger partial charge in [0, 0.05) is 5.56 Å². The molecule has 90 valence electrons. The topological polar surface area (TPSA) is 18.5 Å². The first-order valence-corrected chi connectivity index (χ1v) is 5.69. The van der Waals surface area contributed by atoms with Crippen LogP contribution in [0.1, 0.15) is 40.2 Å². The Kier molecular flexibility index (Phi) is 3.84. The van der Waals surface area contributed by atoms with Crippen LogP contribution in [0.3, 0.4) is 0 Å². The minimum Gasteiger partial charge on any atom is -0.497 e. The molecule has 0 saturated heterocycles. The molecule has 0 unspecified atom stereocenters. The van der Waals surface area contributed by atoms with Gasteiger partial charge in [0.25, 0.3) is 0 Å². The largest absolute Gasteiger partial charge is 0.497 e. The number of methoxy groups -OCH3 is 1. The first-order chi connectivity index (χ1) is 7.34. The molecular weight excluding hydrogens is 200 g/mol. The predicted molar refractivity (Wildman–Crippen MR) is 67.5 cm³/mol. The quantitative estimate of drug-likeness (QED) is 0.775. The maximum atomic E-state index is 5.82. The third-order valence-electron chi connectivity index (χ3n) is 2.36. The highest BCUT2D eigenvalue weighted by atomic mass is 16.5. The highest BCUT2D eigenvalue weighted by molar-refractivity contribution is 5.44. The van der Waals surface area contributed by atoms with Crippen LogP contribution in [0.25, 0.3) is 0 Å². The molecular formula is C14H22O2. The maximum absolute atomic E-state index is 5.82. The summed E-state index contributed by atoms with van der Waals surface area (Å²) in [5.41, 5.74) is 1.24. The van der Waals surface area contributed by atoms with E-state index in [0.29, 0.717) is 0 Å². The van der Waals surface area contributed by atoms with Crippen molar-refractivity contribution in [2.45, 2.75) is 46.1 Å². The lowest BCUT2D eigenvalue weighted by molar-refractivity contribution is 0.236. The summed E-state index contributed by atoms with van der Waals surface area (Å²) >= 11 is 0. The van der Waals surface area contributed by atoms with Crippen LogP contribution < -0.4 is 9.47 Å². The van der Waals surface area contributed by atoms with Gasteiger partial charge in [0.1, 0.15) is 11.5 Å². The van der Waals surface area contributed by atoms with Gasteiger partial charge in [-0.2, -0.15) is 0 Å². The molecule has 0 spiro atoms. The molecule has 0 saturated carbocycles. The number of rotatable bonds is 3. The van der Waals surface area contributed by atoms with Gasteiger partial charge < -0.3 is 9.47 Å². The van der Waals surface area contributed by atoms with Crippen molar-refractivity contribution in [3.8, 4) is 11.5 Å². The van der Waals surface area contributed by atoms with Crippen molar-refractivity contribution in [2.24, 2.45) is 0 Å². The zero-order valence-electron chi connectivity index (χ0n) is 11.1. The van der Waals surface area contributed by atoms with E-state index in [1.165, 1.54) is 5.56 Å². The summed E-state index contributed by atoms with van der Waals surface area (Å²) in [7, 11) is 1.69. The second-order valence-electron chi connectivity index (χ2n) is 5.28. The lowest BCUT2D eigenvalue weighted by Gasteiger charge is -2.24. The van der Waals surface area contributed by atoms with Crippen molar-refractivity contribution < 1.29 is 9.47 Å². The Balaban J connectivity index is 3.17. The lowest BCUT2D eigenvalue weighted by Crippen LogP contribution is -2.16. The Morgan fingerprint density at radius 3 is 2.19 bits per heavy atom. The van der Waals surface area contributed by atoms with Gasteiger partial charge in [0.15, 0.2) is 0 Å². The summed E-state index contributed by atoms with van der Waals surface area (Å²) in [6.07, 6.45) is 0.189. The Labute approximate surface area is 98.6 Å². The molecule has 1 rings (SSSR count). The molecule has 0 N–H and O–H groups in total. The lowest BCUT2D eigenvalue weighted by atomic mass is 9.86. The molecule has 0 radical (unpaired) electrons. The SMILES string of the molecule is COc1ccc(OC(C)C)c(C(C)(C)C)c1. The van der Waals surface area contributed by atoms with Crippen molar-refractivity contribution in [1.29, 1.82) is 0 Å². The minimum atomic E-state index is 0.0543. The monoisotopic (exact) mass is 222 g/mol. The van der Waals surface area contributed by atoms with Gasteiger partial charge in [-0.15, -0.1) is 0 Å². The van der Waals surface area contributed by atoms with E-state index >= 15 is 0 Å². The van der Waals surface area contributed by atoms with Gasteiger partial charge >= 0.3 is 0 Å². The summed E-state index contributed by atoms with van der Waals surface area (Å²) < 4.78 is 11.1. The Morgan fingerprint density at radius 2 is 1.75 bits per heavy atom. The second kappa shape index (κ2) is 4.77. The van der Waals surface area contributed by atoms with E-state index in [2.05, 4.69) is 26.8 Å². The zero-order valence-corrected chi connectivity index (χ0v) is 11.1. The van der Waals surface area contributed by atoms with E-state index < -0.39 is 0 Å². The van der Waals surface area contributed by atoms with Crippen LogP contribution in [0.5, 0.6) is 11.5 Å². The maximum Gasteiger partial charge on any atom is 0.123 e. The third-order valence-corrected chi connectivity index (χ3v) is 2.36. The Bertz CT molecular complexity index is 348. The summed E-state index contributed by atoms with van der Waals surface area (Å²) in [6.45, 7) is 10.6. The van der Waals surface area contributed by atoms with Gasteiger partial charge in [-0.25, -0.2) is 0 Å². The second-order valence-corrected chi connectivity index (χ2v) is 5.28. The van der Waals surface area contributed by atoms with Gasteiger partial charge in [-0.1, -0.05) is 20.8 Å². The van der Waals surface area contributed by atoms with Gasteiger partial charge in [-0.3, -0.25) is 0 Å². The van der Waals surface area contributed by atoms with Crippen LogP contribution in [0.15, 0.2) is 18.2 Å². The number of ether oxygens (including phenoxy) is 2. The third kappa shape index (κ3) is 3.16. The van der Waals surface area contributed by atoms with E-state index in [4.69, 9.17) is 9.47 Å². The number of hydrogen-bond donors (Lipinski definition) is 0. The molecule has 2 heteroatoms. The van der Waals surface area contributed by atoms with Crippen molar-refractivity contribution in [2.75, 3.05) is 7.11 Å².